The maximum absolute atomic E-state index is 12.1. The van der Waals surface area contributed by atoms with Gasteiger partial charge in [0.15, 0.2) is 0 Å². The molecule has 0 atom stereocenters. The van der Waals surface area contributed by atoms with Crippen LogP contribution in [0, 0.1) is 0 Å². The minimum Gasteiger partial charge on any atom is -0.379 e. The first-order chi connectivity index (χ1) is 11.1. The summed E-state index contributed by atoms with van der Waals surface area (Å²) in [7, 11) is -3.83. The zero-order valence-corrected chi connectivity index (χ0v) is 12.7. The van der Waals surface area contributed by atoms with Crippen molar-refractivity contribution in [2.75, 3.05) is 0 Å². The Morgan fingerprint density at radius 1 is 0.957 bits per heavy atom. The van der Waals surface area contributed by atoms with E-state index in [4.69, 9.17) is 4.18 Å². The third-order valence-corrected chi connectivity index (χ3v) is 4.13. The number of nitrogens with zero attached hydrogens (tertiary/aromatic N) is 4. The number of hydrogen-bond donors (Lipinski definition) is 0. The summed E-state index contributed by atoms with van der Waals surface area (Å²) in [6.45, 7) is 0. The monoisotopic (exact) mass is 328 g/mol. The van der Waals surface area contributed by atoms with Crippen molar-refractivity contribution in [2.24, 2.45) is 5.10 Å². The maximum Gasteiger partial charge on any atom is 0.339 e. The van der Waals surface area contributed by atoms with Crippen LogP contribution in [0.1, 0.15) is 5.56 Å². The predicted octanol–water partition coefficient (Wildman–Crippen LogP) is 1.93. The van der Waals surface area contributed by atoms with Crippen LogP contribution in [0.25, 0.3) is 0 Å². The van der Waals surface area contributed by atoms with Gasteiger partial charge in [0.1, 0.15) is 23.3 Å². The van der Waals surface area contributed by atoms with Crippen LogP contribution in [0.5, 0.6) is 5.75 Å². The Morgan fingerprint density at radius 2 is 1.61 bits per heavy atom. The molecule has 8 heteroatoms. The zero-order valence-electron chi connectivity index (χ0n) is 11.9. The first-order valence-electron chi connectivity index (χ1n) is 6.62. The van der Waals surface area contributed by atoms with Crippen LogP contribution >= 0.6 is 0 Å². The van der Waals surface area contributed by atoms with Gasteiger partial charge in [0.2, 0.25) is 0 Å². The van der Waals surface area contributed by atoms with Crippen LogP contribution in [-0.2, 0) is 10.1 Å². The third kappa shape index (κ3) is 3.80. The Bertz CT molecular complexity index is 890. The SMILES string of the molecule is O=S(=O)(Oc1ccc(/C=N\n2cnnc2)cc1)c1ccccc1. The van der Waals surface area contributed by atoms with Gasteiger partial charge in [-0.2, -0.15) is 13.5 Å². The van der Waals surface area contributed by atoms with E-state index in [0.717, 1.165) is 5.56 Å². The quantitative estimate of drug-likeness (QED) is 0.527. The minimum atomic E-state index is -3.83. The lowest BCUT2D eigenvalue weighted by Gasteiger charge is -2.06. The molecule has 0 amide bonds. The second-order valence-electron chi connectivity index (χ2n) is 4.51. The summed E-state index contributed by atoms with van der Waals surface area (Å²) in [5.41, 5.74) is 0.781. The number of benzene rings is 2. The molecular formula is C15H12N4O3S. The van der Waals surface area contributed by atoms with E-state index in [2.05, 4.69) is 15.3 Å². The Balaban J connectivity index is 1.73. The van der Waals surface area contributed by atoms with E-state index in [1.54, 1.807) is 48.7 Å². The lowest BCUT2D eigenvalue weighted by atomic mass is 10.2. The molecule has 7 nitrogen and oxygen atoms in total. The average Bonchev–Trinajstić information content (AvgIpc) is 3.08. The number of rotatable bonds is 5. The smallest absolute Gasteiger partial charge is 0.339 e. The van der Waals surface area contributed by atoms with Crippen molar-refractivity contribution in [2.45, 2.75) is 4.90 Å². The van der Waals surface area contributed by atoms with E-state index < -0.39 is 10.1 Å². The van der Waals surface area contributed by atoms with Crippen molar-refractivity contribution in [1.29, 1.82) is 0 Å². The highest BCUT2D eigenvalue weighted by atomic mass is 32.2. The molecule has 0 aliphatic rings. The fourth-order valence-electron chi connectivity index (χ4n) is 1.76. The maximum atomic E-state index is 12.1. The Kier molecular flexibility index (Phi) is 4.15. The summed E-state index contributed by atoms with van der Waals surface area (Å²) in [6.07, 6.45) is 4.51. The average molecular weight is 328 g/mol. The fourth-order valence-corrected chi connectivity index (χ4v) is 2.71. The molecule has 1 aromatic heterocycles. The summed E-state index contributed by atoms with van der Waals surface area (Å²) in [5.74, 6) is 0.232. The largest absolute Gasteiger partial charge is 0.379 e. The highest BCUT2D eigenvalue weighted by molar-refractivity contribution is 7.87. The van der Waals surface area contributed by atoms with Crippen LogP contribution in [-0.4, -0.2) is 29.5 Å². The van der Waals surface area contributed by atoms with E-state index in [-0.39, 0.29) is 10.6 Å². The van der Waals surface area contributed by atoms with Gasteiger partial charge in [-0.05, 0) is 42.0 Å². The molecule has 0 aliphatic heterocycles. The standard InChI is InChI=1S/C15H12N4O3S/c20-23(21,15-4-2-1-3-5-15)22-14-8-6-13(7-9-14)10-18-19-11-16-17-12-19/h1-12H/b18-10-. The summed E-state index contributed by atoms with van der Waals surface area (Å²) in [5, 5.41) is 11.4. The van der Waals surface area contributed by atoms with E-state index in [9.17, 15) is 8.42 Å². The summed E-state index contributed by atoms with van der Waals surface area (Å²) >= 11 is 0. The minimum absolute atomic E-state index is 0.109. The van der Waals surface area contributed by atoms with Crippen molar-refractivity contribution in [1.82, 2.24) is 14.9 Å². The van der Waals surface area contributed by atoms with Crippen molar-refractivity contribution in [3.05, 3.63) is 72.8 Å². The van der Waals surface area contributed by atoms with Crippen molar-refractivity contribution in [3.63, 3.8) is 0 Å². The molecule has 3 aromatic rings. The van der Waals surface area contributed by atoms with Crippen molar-refractivity contribution < 1.29 is 12.6 Å². The van der Waals surface area contributed by atoms with E-state index in [1.807, 2.05) is 0 Å². The van der Waals surface area contributed by atoms with Gasteiger partial charge in [0, 0.05) is 0 Å². The van der Waals surface area contributed by atoms with Gasteiger partial charge in [0.25, 0.3) is 0 Å². The molecule has 3 rings (SSSR count). The van der Waals surface area contributed by atoms with Crippen molar-refractivity contribution in [3.8, 4) is 5.75 Å². The zero-order chi connectivity index (χ0) is 16.1. The third-order valence-electron chi connectivity index (χ3n) is 2.86. The molecule has 0 saturated heterocycles. The number of aromatic nitrogens is 3. The first kappa shape index (κ1) is 14.9. The fraction of sp³-hybridized carbons (Fsp3) is 0. The van der Waals surface area contributed by atoms with Gasteiger partial charge in [-0.1, -0.05) is 18.2 Å². The summed E-state index contributed by atoms with van der Waals surface area (Å²) in [6, 6.07) is 14.5. The van der Waals surface area contributed by atoms with Gasteiger partial charge in [0.05, 0.1) is 6.21 Å². The molecule has 0 unspecified atom stereocenters. The Hall–Kier alpha value is -3.00. The van der Waals surface area contributed by atoms with Gasteiger partial charge < -0.3 is 4.18 Å². The van der Waals surface area contributed by atoms with Crippen molar-refractivity contribution >= 4 is 16.3 Å². The molecule has 0 N–H and O–H groups in total. The van der Waals surface area contributed by atoms with E-state index in [1.165, 1.54) is 29.5 Å². The summed E-state index contributed by atoms with van der Waals surface area (Å²) in [4.78, 5) is 0.109. The topological polar surface area (TPSA) is 86.4 Å². The molecule has 0 saturated carbocycles. The predicted molar refractivity (Wildman–Crippen MR) is 83.7 cm³/mol. The Morgan fingerprint density at radius 3 is 2.26 bits per heavy atom. The Labute approximate surface area is 133 Å². The molecule has 0 aliphatic carbocycles. The molecule has 1 heterocycles. The van der Waals surface area contributed by atoms with Crippen LogP contribution in [0.15, 0.2) is 77.2 Å². The van der Waals surface area contributed by atoms with Crippen LogP contribution in [0.3, 0.4) is 0 Å². The first-order valence-corrected chi connectivity index (χ1v) is 8.03. The second kappa shape index (κ2) is 6.41. The van der Waals surface area contributed by atoms with Gasteiger partial charge in [-0.25, -0.2) is 4.68 Å². The van der Waals surface area contributed by atoms with E-state index in [0.29, 0.717) is 0 Å². The molecule has 23 heavy (non-hydrogen) atoms. The normalized spacial score (nSPS) is 11.7. The lowest BCUT2D eigenvalue weighted by molar-refractivity contribution is 0.486. The summed E-state index contributed by atoms with van der Waals surface area (Å²) < 4.78 is 30.7. The van der Waals surface area contributed by atoms with Gasteiger partial charge in [-0.15, -0.1) is 10.2 Å². The molecule has 116 valence electrons. The van der Waals surface area contributed by atoms with Crippen LogP contribution in [0.4, 0.5) is 0 Å². The molecule has 0 fully saturated rings. The molecular weight excluding hydrogens is 316 g/mol. The molecule has 0 spiro atoms. The van der Waals surface area contributed by atoms with Crippen LogP contribution < -0.4 is 4.18 Å². The molecule has 0 radical (unpaired) electrons. The highest BCUT2D eigenvalue weighted by Crippen LogP contribution is 2.18. The van der Waals surface area contributed by atoms with Crippen LogP contribution in [0.2, 0.25) is 0 Å². The lowest BCUT2D eigenvalue weighted by Crippen LogP contribution is -2.09. The molecule has 2 aromatic carbocycles. The van der Waals surface area contributed by atoms with Gasteiger partial charge >= 0.3 is 10.1 Å². The highest BCUT2D eigenvalue weighted by Gasteiger charge is 2.15. The number of hydrogen-bond acceptors (Lipinski definition) is 6. The van der Waals surface area contributed by atoms with E-state index >= 15 is 0 Å². The molecule has 0 bridgehead atoms. The van der Waals surface area contributed by atoms with Gasteiger partial charge in [-0.3, -0.25) is 0 Å². The second-order valence-corrected chi connectivity index (χ2v) is 6.05.